The van der Waals surface area contributed by atoms with Gasteiger partial charge in [-0.25, -0.2) is 4.39 Å². The minimum absolute atomic E-state index is 0.152. The zero-order valence-electron chi connectivity index (χ0n) is 11.6. The van der Waals surface area contributed by atoms with Crippen LogP contribution in [0.5, 0.6) is 0 Å². The molecule has 0 aliphatic heterocycles. The minimum atomic E-state index is -0.301. The van der Waals surface area contributed by atoms with Gasteiger partial charge in [0.15, 0.2) is 0 Å². The molecular formula is C16H14Cl2FNOS. The number of nitrogens with one attached hydrogen (secondary N) is 1. The van der Waals surface area contributed by atoms with E-state index >= 15 is 0 Å². The highest BCUT2D eigenvalue weighted by molar-refractivity contribution is 7.98. The van der Waals surface area contributed by atoms with Crippen LogP contribution in [0, 0.1) is 5.82 Å². The Balaban J connectivity index is 1.73. The number of hydrogen-bond acceptors (Lipinski definition) is 2. The first-order chi connectivity index (χ1) is 10.6. The average molecular weight is 358 g/mol. The molecule has 0 radical (unpaired) electrons. The van der Waals surface area contributed by atoms with Gasteiger partial charge >= 0.3 is 0 Å². The smallest absolute Gasteiger partial charge is 0.251 e. The molecule has 2 aromatic rings. The highest BCUT2D eigenvalue weighted by Crippen LogP contribution is 2.23. The lowest BCUT2D eigenvalue weighted by molar-refractivity contribution is 0.0956. The van der Waals surface area contributed by atoms with E-state index in [-0.39, 0.29) is 11.7 Å². The second-order valence-corrected chi connectivity index (χ2v) is 6.46. The van der Waals surface area contributed by atoms with E-state index in [4.69, 9.17) is 23.2 Å². The van der Waals surface area contributed by atoms with Crippen molar-refractivity contribution >= 4 is 40.9 Å². The standard InChI is InChI=1S/C16H14Cl2FNOS/c17-12-6-4-11(5-7-12)16(21)20-8-9-22-10-13-14(18)2-1-3-15(13)19/h1-7H,8-10H2,(H,20,21). The highest BCUT2D eigenvalue weighted by Gasteiger charge is 2.07. The first-order valence-corrected chi connectivity index (χ1v) is 8.53. The van der Waals surface area contributed by atoms with Gasteiger partial charge < -0.3 is 5.32 Å². The largest absolute Gasteiger partial charge is 0.351 e. The molecule has 0 saturated heterocycles. The maximum absolute atomic E-state index is 13.6. The van der Waals surface area contributed by atoms with Crippen LogP contribution in [-0.2, 0) is 5.75 Å². The third-order valence-electron chi connectivity index (χ3n) is 2.95. The van der Waals surface area contributed by atoms with Crippen LogP contribution in [0.1, 0.15) is 15.9 Å². The quantitative estimate of drug-likeness (QED) is 0.752. The van der Waals surface area contributed by atoms with Gasteiger partial charge in [-0.05, 0) is 36.4 Å². The first-order valence-electron chi connectivity index (χ1n) is 6.62. The third-order valence-corrected chi connectivity index (χ3v) is 4.54. The summed E-state index contributed by atoms with van der Waals surface area (Å²) in [4.78, 5) is 11.9. The molecule has 2 rings (SSSR count). The fraction of sp³-hybridized carbons (Fsp3) is 0.188. The number of carbonyl (C=O) groups excluding carboxylic acids is 1. The lowest BCUT2D eigenvalue weighted by Crippen LogP contribution is -2.25. The van der Waals surface area contributed by atoms with Crippen molar-refractivity contribution in [3.05, 3.63) is 69.5 Å². The molecule has 0 saturated carbocycles. The van der Waals surface area contributed by atoms with Crippen LogP contribution >= 0.6 is 35.0 Å². The van der Waals surface area contributed by atoms with E-state index in [2.05, 4.69) is 5.32 Å². The van der Waals surface area contributed by atoms with Gasteiger partial charge in [-0.3, -0.25) is 4.79 Å². The Bertz CT molecular complexity index is 629. The van der Waals surface area contributed by atoms with E-state index in [1.165, 1.54) is 17.8 Å². The molecule has 2 nitrogen and oxygen atoms in total. The van der Waals surface area contributed by atoms with E-state index in [1.54, 1.807) is 36.4 Å². The predicted octanol–water partition coefficient (Wildman–Crippen LogP) is 4.80. The maximum atomic E-state index is 13.6. The van der Waals surface area contributed by atoms with Crippen LogP contribution < -0.4 is 5.32 Å². The highest BCUT2D eigenvalue weighted by atomic mass is 35.5. The van der Waals surface area contributed by atoms with Crippen molar-refractivity contribution < 1.29 is 9.18 Å². The van der Waals surface area contributed by atoms with E-state index < -0.39 is 0 Å². The van der Waals surface area contributed by atoms with Crippen LogP contribution in [-0.4, -0.2) is 18.2 Å². The molecule has 0 heterocycles. The number of thioether (sulfide) groups is 1. The average Bonchev–Trinajstić information content (AvgIpc) is 2.50. The van der Waals surface area contributed by atoms with Gasteiger partial charge in [0.05, 0.1) is 0 Å². The molecule has 0 fully saturated rings. The Labute approximate surface area is 143 Å². The number of rotatable bonds is 6. The molecule has 0 unspecified atom stereocenters. The fourth-order valence-electron chi connectivity index (χ4n) is 1.78. The van der Waals surface area contributed by atoms with E-state index in [0.717, 1.165) is 0 Å². The molecule has 2 aromatic carbocycles. The predicted molar refractivity (Wildman–Crippen MR) is 91.4 cm³/mol. The molecule has 6 heteroatoms. The molecular weight excluding hydrogens is 344 g/mol. The normalized spacial score (nSPS) is 10.5. The summed E-state index contributed by atoms with van der Waals surface area (Å²) >= 11 is 13.2. The topological polar surface area (TPSA) is 29.1 Å². The number of hydrogen-bond donors (Lipinski definition) is 1. The van der Waals surface area contributed by atoms with Crippen LogP contribution in [0.4, 0.5) is 4.39 Å². The summed E-state index contributed by atoms with van der Waals surface area (Å²) in [5, 5.41) is 3.82. The number of halogens is 3. The molecule has 0 aliphatic carbocycles. The number of carbonyl (C=O) groups is 1. The summed E-state index contributed by atoms with van der Waals surface area (Å²) in [5.41, 5.74) is 1.06. The van der Waals surface area contributed by atoms with E-state index in [9.17, 15) is 9.18 Å². The van der Waals surface area contributed by atoms with Crippen molar-refractivity contribution in [3.63, 3.8) is 0 Å². The third kappa shape index (κ3) is 4.90. The monoisotopic (exact) mass is 357 g/mol. The maximum Gasteiger partial charge on any atom is 0.251 e. The Morgan fingerprint density at radius 3 is 2.55 bits per heavy atom. The summed E-state index contributed by atoms with van der Waals surface area (Å²) in [6.45, 7) is 0.498. The second-order valence-electron chi connectivity index (χ2n) is 4.52. The molecule has 1 amide bonds. The number of benzene rings is 2. The summed E-state index contributed by atoms with van der Waals surface area (Å²) in [6.07, 6.45) is 0. The van der Waals surface area contributed by atoms with Gasteiger partial charge in [0, 0.05) is 39.2 Å². The van der Waals surface area contributed by atoms with Crippen LogP contribution in [0.15, 0.2) is 42.5 Å². The fourth-order valence-corrected chi connectivity index (χ4v) is 3.11. The Morgan fingerprint density at radius 2 is 1.86 bits per heavy atom. The van der Waals surface area contributed by atoms with Crippen molar-refractivity contribution in [1.29, 1.82) is 0 Å². The van der Waals surface area contributed by atoms with Gasteiger partial charge in [0.25, 0.3) is 5.91 Å². The second kappa shape index (κ2) is 8.42. The molecule has 1 N–H and O–H groups in total. The van der Waals surface area contributed by atoms with Gasteiger partial charge in [0.1, 0.15) is 5.82 Å². The van der Waals surface area contributed by atoms with Crippen molar-refractivity contribution in [2.75, 3.05) is 12.3 Å². The minimum Gasteiger partial charge on any atom is -0.351 e. The van der Waals surface area contributed by atoms with Crippen LogP contribution in [0.25, 0.3) is 0 Å². The van der Waals surface area contributed by atoms with Crippen molar-refractivity contribution in [2.45, 2.75) is 5.75 Å². The SMILES string of the molecule is O=C(NCCSCc1c(F)cccc1Cl)c1ccc(Cl)cc1. The molecule has 0 atom stereocenters. The van der Waals surface area contributed by atoms with Crippen molar-refractivity contribution in [1.82, 2.24) is 5.32 Å². The lowest BCUT2D eigenvalue weighted by Gasteiger charge is -2.07. The lowest BCUT2D eigenvalue weighted by atomic mass is 10.2. The Kier molecular flexibility index (Phi) is 6.55. The van der Waals surface area contributed by atoms with Gasteiger partial charge in [-0.2, -0.15) is 11.8 Å². The first kappa shape index (κ1) is 17.1. The van der Waals surface area contributed by atoms with Crippen molar-refractivity contribution in [3.8, 4) is 0 Å². The summed E-state index contributed by atoms with van der Waals surface area (Å²) < 4.78 is 13.6. The van der Waals surface area contributed by atoms with Gasteiger partial charge in [-0.1, -0.05) is 29.3 Å². The molecule has 0 bridgehead atoms. The van der Waals surface area contributed by atoms with Crippen LogP contribution in [0.2, 0.25) is 10.0 Å². The molecule has 0 aliphatic rings. The van der Waals surface area contributed by atoms with Gasteiger partial charge in [-0.15, -0.1) is 0 Å². The van der Waals surface area contributed by atoms with E-state index in [1.807, 2.05) is 0 Å². The molecule has 22 heavy (non-hydrogen) atoms. The van der Waals surface area contributed by atoms with Gasteiger partial charge in [0.2, 0.25) is 0 Å². The number of amides is 1. The van der Waals surface area contributed by atoms with Crippen molar-refractivity contribution in [2.24, 2.45) is 0 Å². The molecule has 0 aromatic heterocycles. The zero-order chi connectivity index (χ0) is 15.9. The summed E-state index contributed by atoms with van der Waals surface area (Å²) in [7, 11) is 0. The Hall–Kier alpha value is -1.23. The van der Waals surface area contributed by atoms with E-state index in [0.29, 0.717) is 39.2 Å². The Morgan fingerprint density at radius 1 is 1.14 bits per heavy atom. The molecule has 0 spiro atoms. The zero-order valence-corrected chi connectivity index (χ0v) is 13.9. The molecule has 116 valence electrons. The summed E-state index contributed by atoms with van der Waals surface area (Å²) in [6, 6.07) is 11.3. The summed E-state index contributed by atoms with van der Waals surface area (Å²) in [5.74, 6) is 0.693. The van der Waals surface area contributed by atoms with Crippen LogP contribution in [0.3, 0.4) is 0 Å².